The Labute approximate surface area is 173 Å². The van der Waals surface area contributed by atoms with Gasteiger partial charge >= 0.3 is 5.97 Å². The molecule has 0 fully saturated rings. The third kappa shape index (κ3) is 6.28. The third-order valence-corrected chi connectivity index (χ3v) is 4.25. The maximum Gasteiger partial charge on any atom is 0.341 e. The number of carboxylic acid groups (broad SMARTS) is 1. The molecule has 0 aromatic heterocycles. The molecule has 2 N–H and O–H groups in total. The van der Waals surface area contributed by atoms with E-state index in [1.165, 1.54) is 37.6 Å². The molecule has 0 atom stereocenters. The summed E-state index contributed by atoms with van der Waals surface area (Å²) in [7, 11) is 1.40. The van der Waals surface area contributed by atoms with Crippen molar-refractivity contribution in [2.75, 3.05) is 13.7 Å². The lowest BCUT2D eigenvalue weighted by molar-refractivity contribution is -0.385. The lowest BCUT2D eigenvalue weighted by Gasteiger charge is -2.11. The summed E-state index contributed by atoms with van der Waals surface area (Å²) in [4.78, 5) is 33.1. The highest BCUT2D eigenvalue weighted by Gasteiger charge is 2.15. The van der Waals surface area contributed by atoms with Crippen molar-refractivity contribution in [1.82, 2.24) is 5.43 Å². The average Bonchev–Trinajstić information content (AvgIpc) is 2.67. The van der Waals surface area contributed by atoms with Gasteiger partial charge in [-0.2, -0.15) is 5.10 Å². The van der Waals surface area contributed by atoms with Crippen molar-refractivity contribution in [3.8, 4) is 11.5 Å². The highest BCUT2D eigenvalue weighted by atomic mass is 79.9. The molecule has 11 heteroatoms. The molecule has 1 amide bonds. The summed E-state index contributed by atoms with van der Waals surface area (Å²) >= 11 is 3.30. The number of halogens is 1. The van der Waals surface area contributed by atoms with Crippen molar-refractivity contribution < 1.29 is 29.1 Å². The van der Waals surface area contributed by atoms with E-state index in [-0.39, 0.29) is 29.2 Å². The molecule has 29 heavy (non-hydrogen) atoms. The number of nitro benzene ring substituents is 1. The van der Waals surface area contributed by atoms with Crippen LogP contribution in [0.4, 0.5) is 5.69 Å². The van der Waals surface area contributed by atoms with Crippen LogP contribution in [0.5, 0.6) is 11.5 Å². The van der Waals surface area contributed by atoms with E-state index in [0.717, 1.165) is 0 Å². The minimum atomic E-state index is -1.13. The first kappa shape index (κ1) is 21.8. The van der Waals surface area contributed by atoms with E-state index in [1.54, 1.807) is 12.1 Å². The van der Waals surface area contributed by atoms with E-state index < -0.39 is 23.4 Å². The zero-order valence-corrected chi connectivity index (χ0v) is 16.7. The Morgan fingerprint density at radius 3 is 2.69 bits per heavy atom. The number of ether oxygens (including phenoxy) is 2. The van der Waals surface area contributed by atoms with Crippen LogP contribution in [0.1, 0.15) is 11.1 Å². The summed E-state index contributed by atoms with van der Waals surface area (Å²) in [6, 6.07) is 9.00. The number of benzene rings is 2. The number of aliphatic carboxylic acids is 1. The Bertz CT molecular complexity index is 962. The Morgan fingerprint density at radius 2 is 2.03 bits per heavy atom. The van der Waals surface area contributed by atoms with E-state index in [0.29, 0.717) is 10.0 Å². The topological polar surface area (TPSA) is 140 Å². The first-order valence-electron chi connectivity index (χ1n) is 8.08. The molecule has 2 aromatic carbocycles. The van der Waals surface area contributed by atoms with Gasteiger partial charge in [-0.25, -0.2) is 10.2 Å². The van der Waals surface area contributed by atoms with Gasteiger partial charge in [0.1, 0.15) is 0 Å². The number of rotatable bonds is 9. The fourth-order valence-corrected chi connectivity index (χ4v) is 2.71. The predicted molar refractivity (Wildman–Crippen MR) is 106 cm³/mol. The second-order valence-electron chi connectivity index (χ2n) is 5.56. The SMILES string of the molecule is COc1cc(C=NNC(=O)Cc2ccccc2[N+](=O)[O-])c(Br)cc1OCC(=O)O. The summed E-state index contributed by atoms with van der Waals surface area (Å²) in [5, 5.41) is 23.5. The second kappa shape index (κ2) is 10.2. The molecule has 152 valence electrons. The summed E-state index contributed by atoms with van der Waals surface area (Å²) in [6.07, 6.45) is 1.13. The maximum atomic E-state index is 12.0. The van der Waals surface area contributed by atoms with Crippen LogP contribution in [0.2, 0.25) is 0 Å². The van der Waals surface area contributed by atoms with E-state index in [4.69, 9.17) is 14.6 Å². The zero-order valence-electron chi connectivity index (χ0n) is 15.1. The van der Waals surface area contributed by atoms with Crippen LogP contribution in [0.25, 0.3) is 0 Å². The quantitative estimate of drug-likeness (QED) is 0.329. The number of carbonyl (C=O) groups excluding carboxylic acids is 1. The molecule has 0 aliphatic rings. The van der Waals surface area contributed by atoms with Crippen LogP contribution in [-0.4, -0.2) is 41.8 Å². The lowest BCUT2D eigenvalue weighted by atomic mass is 10.1. The molecule has 0 saturated carbocycles. The van der Waals surface area contributed by atoms with Gasteiger partial charge in [0.25, 0.3) is 5.69 Å². The van der Waals surface area contributed by atoms with Gasteiger partial charge in [-0.3, -0.25) is 14.9 Å². The molecule has 10 nitrogen and oxygen atoms in total. The van der Waals surface area contributed by atoms with Crippen molar-refractivity contribution in [2.45, 2.75) is 6.42 Å². The molecule has 0 bridgehead atoms. The fraction of sp³-hybridized carbons (Fsp3) is 0.167. The summed E-state index contributed by atoms with van der Waals surface area (Å²) in [5.41, 5.74) is 2.95. The van der Waals surface area contributed by atoms with Gasteiger partial charge in [0, 0.05) is 21.7 Å². The maximum absolute atomic E-state index is 12.0. The highest BCUT2D eigenvalue weighted by molar-refractivity contribution is 9.10. The molecular formula is C18H16BrN3O7. The summed E-state index contributed by atoms with van der Waals surface area (Å²) in [6.45, 7) is -0.530. The third-order valence-electron chi connectivity index (χ3n) is 3.57. The first-order valence-corrected chi connectivity index (χ1v) is 8.87. The number of carboxylic acids is 1. The molecule has 0 aliphatic heterocycles. The van der Waals surface area contributed by atoms with Crippen molar-refractivity contribution in [2.24, 2.45) is 5.10 Å². The van der Waals surface area contributed by atoms with Crippen LogP contribution in [0, 0.1) is 10.1 Å². The number of amides is 1. The fourth-order valence-electron chi connectivity index (χ4n) is 2.29. The highest BCUT2D eigenvalue weighted by Crippen LogP contribution is 2.32. The van der Waals surface area contributed by atoms with Crippen LogP contribution in [-0.2, 0) is 16.0 Å². The van der Waals surface area contributed by atoms with E-state index in [1.807, 2.05) is 0 Å². The number of nitro groups is 1. The smallest absolute Gasteiger partial charge is 0.341 e. The van der Waals surface area contributed by atoms with Gasteiger partial charge in [0.15, 0.2) is 18.1 Å². The second-order valence-corrected chi connectivity index (χ2v) is 6.42. The summed E-state index contributed by atoms with van der Waals surface area (Å²) in [5.74, 6) is -1.16. The number of carbonyl (C=O) groups is 2. The molecule has 0 spiro atoms. The number of hydrogen-bond donors (Lipinski definition) is 2. The van der Waals surface area contributed by atoms with Gasteiger partial charge in [-0.1, -0.05) is 18.2 Å². The molecule has 2 rings (SSSR count). The largest absolute Gasteiger partial charge is 0.493 e. The van der Waals surface area contributed by atoms with Gasteiger partial charge < -0.3 is 14.6 Å². The molecule has 0 radical (unpaired) electrons. The molecule has 0 saturated heterocycles. The number of methoxy groups -OCH3 is 1. The minimum Gasteiger partial charge on any atom is -0.493 e. The van der Waals surface area contributed by atoms with Crippen LogP contribution < -0.4 is 14.9 Å². The number of nitrogens with zero attached hydrogens (tertiary/aromatic N) is 2. The zero-order chi connectivity index (χ0) is 21.4. The monoisotopic (exact) mass is 465 g/mol. The van der Waals surface area contributed by atoms with Crippen LogP contribution in [0.15, 0.2) is 46.0 Å². The van der Waals surface area contributed by atoms with Gasteiger partial charge in [0.2, 0.25) is 5.91 Å². The molecule has 0 aliphatic carbocycles. The normalized spacial score (nSPS) is 10.6. The number of hydrazone groups is 1. The van der Waals surface area contributed by atoms with Gasteiger partial charge in [-0.15, -0.1) is 0 Å². The Hall–Kier alpha value is -3.47. The van der Waals surface area contributed by atoms with E-state index in [2.05, 4.69) is 26.5 Å². The Balaban J connectivity index is 2.07. The molecule has 0 unspecified atom stereocenters. The minimum absolute atomic E-state index is 0.143. The van der Waals surface area contributed by atoms with Crippen molar-refractivity contribution in [1.29, 1.82) is 0 Å². The predicted octanol–water partition coefficient (Wildman–Crippen LogP) is 2.52. The van der Waals surface area contributed by atoms with Crippen LogP contribution in [0.3, 0.4) is 0 Å². The van der Waals surface area contributed by atoms with Gasteiger partial charge in [-0.05, 0) is 28.1 Å². The number of nitrogens with one attached hydrogen (secondary N) is 1. The van der Waals surface area contributed by atoms with Crippen molar-refractivity contribution in [3.63, 3.8) is 0 Å². The Kier molecular flexibility index (Phi) is 7.66. The van der Waals surface area contributed by atoms with Crippen molar-refractivity contribution in [3.05, 3.63) is 62.1 Å². The standard InChI is InChI=1S/C18H16BrN3O7/c1-28-15-6-12(13(19)8-16(15)29-10-18(24)25)9-20-21-17(23)7-11-4-2-3-5-14(11)22(26)27/h2-6,8-9H,7,10H2,1H3,(H,21,23)(H,24,25). The number of hydrogen-bond acceptors (Lipinski definition) is 7. The lowest BCUT2D eigenvalue weighted by Crippen LogP contribution is -2.20. The first-order chi connectivity index (χ1) is 13.8. The van der Waals surface area contributed by atoms with E-state index in [9.17, 15) is 19.7 Å². The average molecular weight is 466 g/mol. The van der Waals surface area contributed by atoms with E-state index >= 15 is 0 Å². The molecular weight excluding hydrogens is 450 g/mol. The number of para-hydroxylation sites is 1. The van der Waals surface area contributed by atoms with Crippen LogP contribution >= 0.6 is 15.9 Å². The molecule has 2 aromatic rings. The Morgan fingerprint density at radius 1 is 1.31 bits per heavy atom. The molecule has 0 heterocycles. The van der Waals surface area contributed by atoms with Gasteiger partial charge in [0.05, 0.1) is 24.7 Å². The van der Waals surface area contributed by atoms with Crippen molar-refractivity contribution >= 4 is 39.7 Å². The summed E-state index contributed by atoms with van der Waals surface area (Å²) < 4.78 is 10.8.